The Morgan fingerprint density at radius 2 is 1.93 bits per heavy atom. The van der Waals surface area contributed by atoms with Gasteiger partial charge >= 0.3 is 0 Å². The first-order valence-electron chi connectivity index (χ1n) is 5.25. The zero-order valence-electron chi connectivity index (χ0n) is 10.0. The van der Waals surface area contributed by atoms with Crippen molar-refractivity contribution in [2.45, 2.75) is 40.5 Å². The van der Waals surface area contributed by atoms with Gasteiger partial charge in [-0.05, 0) is 32.3 Å². The van der Waals surface area contributed by atoms with E-state index in [1.165, 1.54) is 16.8 Å². The van der Waals surface area contributed by atoms with Crippen LogP contribution in [0.4, 0.5) is 0 Å². The van der Waals surface area contributed by atoms with Crippen LogP contribution in [-0.2, 0) is 0 Å². The Hall–Kier alpha value is -1.05. The highest BCUT2D eigenvalue weighted by atomic mass is 14.8. The van der Waals surface area contributed by atoms with Crippen LogP contribution in [0.3, 0.4) is 0 Å². The summed E-state index contributed by atoms with van der Waals surface area (Å²) in [5.41, 5.74) is 3.89. The van der Waals surface area contributed by atoms with Crippen molar-refractivity contribution >= 4 is 6.21 Å². The van der Waals surface area contributed by atoms with Crippen molar-refractivity contribution in [2.75, 3.05) is 7.05 Å². The Labute approximate surface area is 87.8 Å². The molecule has 0 unspecified atom stereocenters. The first-order valence-corrected chi connectivity index (χ1v) is 5.25. The largest absolute Gasteiger partial charge is 0.388 e. The number of aliphatic imine (C=N–C) groups is 1. The molecule has 0 aliphatic carbocycles. The van der Waals surface area contributed by atoms with Gasteiger partial charge in [0.2, 0.25) is 0 Å². The molecule has 0 spiro atoms. The van der Waals surface area contributed by atoms with E-state index in [9.17, 15) is 0 Å². The van der Waals surface area contributed by atoms with Crippen molar-refractivity contribution < 1.29 is 0 Å². The maximum atomic E-state index is 4.17. The van der Waals surface area contributed by atoms with Gasteiger partial charge in [-0.25, -0.2) is 0 Å². The van der Waals surface area contributed by atoms with Gasteiger partial charge in [0.1, 0.15) is 0 Å². The van der Waals surface area contributed by atoms with E-state index in [0.717, 1.165) is 12.8 Å². The summed E-state index contributed by atoms with van der Waals surface area (Å²) in [6, 6.07) is 0. The smallest absolute Gasteiger partial charge is 0.0374 e. The van der Waals surface area contributed by atoms with Gasteiger partial charge in [-0.2, -0.15) is 0 Å². The molecule has 80 valence electrons. The lowest BCUT2D eigenvalue weighted by Gasteiger charge is -2.12. The predicted octanol–water partition coefficient (Wildman–Crippen LogP) is 3.27. The summed E-state index contributed by atoms with van der Waals surface area (Å²) in [5, 5.41) is 3.25. The fourth-order valence-electron chi connectivity index (χ4n) is 1.32. The average Bonchev–Trinajstić information content (AvgIpc) is 2.23. The van der Waals surface area contributed by atoms with E-state index in [2.05, 4.69) is 31.1 Å². The monoisotopic (exact) mass is 194 g/mol. The van der Waals surface area contributed by atoms with E-state index in [0.29, 0.717) is 0 Å². The number of nitrogens with zero attached hydrogens (tertiary/aromatic N) is 1. The van der Waals surface area contributed by atoms with Crippen LogP contribution in [0.5, 0.6) is 0 Å². The Morgan fingerprint density at radius 3 is 2.29 bits per heavy atom. The Kier molecular flexibility index (Phi) is 6.81. The third-order valence-electron chi connectivity index (χ3n) is 2.29. The number of hydrogen-bond donors (Lipinski definition) is 1. The molecule has 0 amide bonds. The molecule has 0 radical (unpaired) electrons. The second-order valence-corrected chi connectivity index (χ2v) is 3.17. The predicted molar refractivity (Wildman–Crippen MR) is 64.6 cm³/mol. The molecule has 0 aromatic heterocycles. The highest BCUT2D eigenvalue weighted by Crippen LogP contribution is 2.17. The van der Waals surface area contributed by atoms with Gasteiger partial charge < -0.3 is 5.32 Å². The topological polar surface area (TPSA) is 24.4 Å². The standard InChI is InChI=1S/C12H22N2/c1-6-10(4)12(13-5)11(7-2)9-14-8-3/h8-9,13H,6-7H2,1-5H3/b11-9-,12-10-,14-8?. The highest BCUT2D eigenvalue weighted by Gasteiger charge is 2.03. The van der Waals surface area contributed by atoms with Gasteiger partial charge in [0.05, 0.1) is 0 Å². The minimum absolute atomic E-state index is 1.00. The fourth-order valence-corrected chi connectivity index (χ4v) is 1.32. The molecule has 0 bridgehead atoms. The number of nitrogens with one attached hydrogen (secondary N) is 1. The second-order valence-electron chi connectivity index (χ2n) is 3.17. The maximum Gasteiger partial charge on any atom is 0.0374 e. The molecule has 0 heterocycles. The van der Waals surface area contributed by atoms with Crippen LogP contribution in [0.2, 0.25) is 0 Å². The average molecular weight is 194 g/mol. The Bertz CT molecular complexity index is 247. The quantitative estimate of drug-likeness (QED) is 0.527. The number of likely N-dealkylation sites (N-methyl/N-ethyl adjacent to an activating group) is 1. The molecule has 0 aliphatic heterocycles. The van der Waals surface area contributed by atoms with Gasteiger partial charge in [0.15, 0.2) is 0 Å². The molecule has 0 fully saturated rings. The maximum absolute atomic E-state index is 4.17. The summed E-state index contributed by atoms with van der Waals surface area (Å²) >= 11 is 0. The molecule has 0 aromatic rings. The van der Waals surface area contributed by atoms with E-state index < -0.39 is 0 Å². The van der Waals surface area contributed by atoms with Crippen LogP contribution in [0.25, 0.3) is 0 Å². The molecular formula is C12H22N2. The first-order chi connectivity index (χ1) is 6.71. The van der Waals surface area contributed by atoms with Crippen LogP contribution in [0.1, 0.15) is 40.5 Å². The van der Waals surface area contributed by atoms with Gasteiger partial charge in [-0.1, -0.05) is 19.4 Å². The molecule has 2 nitrogen and oxygen atoms in total. The second kappa shape index (κ2) is 7.36. The van der Waals surface area contributed by atoms with Crippen molar-refractivity contribution in [3.8, 4) is 0 Å². The van der Waals surface area contributed by atoms with Crippen LogP contribution >= 0.6 is 0 Å². The molecule has 0 saturated heterocycles. The molecule has 0 atom stereocenters. The summed E-state index contributed by atoms with van der Waals surface area (Å²) in [4.78, 5) is 4.17. The molecule has 1 N–H and O–H groups in total. The number of rotatable bonds is 5. The molecule has 0 aliphatic rings. The molecule has 14 heavy (non-hydrogen) atoms. The van der Waals surface area contributed by atoms with Crippen molar-refractivity contribution in [1.82, 2.24) is 5.32 Å². The molecule has 0 aromatic carbocycles. The van der Waals surface area contributed by atoms with E-state index in [1.807, 2.05) is 26.4 Å². The molecule has 2 heteroatoms. The molecule has 0 saturated carbocycles. The zero-order chi connectivity index (χ0) is 11.0. The first kappa shape index (κ1) is 12.9. The van der Waals surface area contributed by atoms with Crippen LogP contribution in [0, 0.1) is 0 Å². The van der Waals surface area contributed by atoms with Gasteiger partial charge in [-0.15, -0.1) is 0 Å². The van der Waals surface area contributed by atoms with E-state index in [1.54, 1.807) is 0 Å². The fraction of sp³-hybridized carbons (Fsp3) is 0.583. The van der Waals surface area contributed by atoms with E-state index in [-0.39, 0.29) is 0 Å². The minimum atomic E-state index is 1.00. The lowest BCUT2D eigenvalue weighted by molar-refractivity contribution is 0.898. The number of hydrogen-bond acceptors (Lipinski definition) is 2. The minimum Gasteiger partial charge on any atom is -0.388 e. The summed E-state index contributed by atoms with van der Waals surface area (Å²) in [7, 11) is 1.97. The van der Waals surface area contributed by atoms with Crippen LogP contribution in [0.15, 0.2) is 28.0 Å². The lowest BCUT2D eigenvalue weighted by atomic mass is 10.0. The summed E-state index contributed by atoms with van der Waals surface area (Å²) in [5.74, 6) is 0. The van der Waals surface area contributed by atoms with Crippen molar-refractivity contribution in [1.29, 1.82) is 0 Å². The summed E-state index contributed by atoms with van der Waals surface area (Å²) < 4.78 is 0. The lowest BCUT2D eigenvalue weighted by Crippen LogP contribution is -2.10. The molecular weight excluding hydrogens is 172 g/mol. The van der Waals surface area contributed by atoms with Crippen molar-refractivity contribution in [3.63, 3.8) is 0 Å². The Morgan fingerprint density at radius 1 is 1.29 bits per heavy atom. The third-order valence-corrected chi connectivity index (χ3v) is 2.29. The van der Waals surface area contributed by atoms with Crippen LogP contribution in [-0.4, -0.2) is 13.3 Å². The summed E-state index contributed by atoms with van der Waals surface area (Å²) in [6.07, 6.45) is 5.82. The Balaban J connectivity index is 4.98. The van der Waals surface area contributed by atoms with E-state index in [4.69, 9.17) is 0 Å². The van der Waals surface area contributed by atoms with Gasteiger partial charge in [0, 0.05) is 25.2 Å². The third kappa shape index (κ3) is 3.77. The van der Waals surface area contributed by atoms with Gasteiger partial charge in [0.25, 0.3) is 0 Å². The summed E-state index contributed by atoms with van der Waals surface area (Å²) in [6.45, 7) is 8.41. The zero-order valence-corrected chi connectivity index (χ0v) is 10.0. The van der Waals surface area contributed by atoms with Crippen molar-refractivity contribution in [2.24, 2.45) is 4.99 Å². The van der Waals surface area contributed by atoms with Gasteiger partial charge in [-0.3, -0.25) is 4.99 Å². The van der Waals surface area contributed by atoms with Crippen LogP contribution < -0.4 is 5.32 Å². The SMILES string of the molecule is CC=N/C=C(CC)\C(NC)=C(/C)CC. The molecule has 0 rings (SSSR count). The van der Waals surface area contributed by atoms with E-state index >= 15 is 0 Å². The number of allylic oxidation sites excluding steroid dienone is 2. The highest BCUT2D eigenvalue weighted by molar-refractivity contribution is 5.54. The normalized spacial score (nSPS) is 14.5. The van der Waals surface area contributed by atoms with Crippen molar-refractivity contribution in [3.05, 3.63) is 23.0 Å².